The summed E-state index contributed by atoms with van der Waals surface area (Å²) >= 11 is 0. The first-order valence-electron chi connectivity index (χ1n) is 7.44. The second-order valence-corrected chi connectivity index (χ2v) is 5.61. The van der Waals surface area contributed by atoms with E-state index in [4.69, 9.17) is 0 Å². The van der Waals surface area contributed by atoms with Crippen LogP contribution in [0.2, 0.25) is 0 Å². The second kappa shape index (κ2) is 5.81. The molecule has 1 saturated heterocycles. The summed E-state index contributed by atoms with van der Waals surface area (Å²) in [6.45, 7) is 1.92. The van der Waals surface area contributed by atoms with E-state index in [1.54, 1.807) is 0 Å². The van der Waals surface area contributed by atoms with Crippen molar-refractivity contribution in [2.24, 2.45) is 0 Å². The average molecular weight is 270 g/mol. The van der Waals surface area contributed by atoms with Gasteiger partial charge in [0.1, 0.15) is 0 Å². The van der Waals surface area contributed by atoms with Gasteiger partial charge >= 0.3 is 0 Å². The minimum Gasteiger partial charge on any atom is -0.370 e. The highest BCUT2D eigenvalue weighted by Crippen LogP contribution is 2.31. The van der Waals surface area contributed by atoms with Crippen molar-refractivity contribution < 1.29 is 5.11 Å². The maximum Gasteiger partial charge on any atom is 0.163 e. The smallest absolute Gasteiger partial charge is 0.163 e. The zero-order valence-corrected chi connectivity index (χ0v) is 11.8. The van der Waals surface area contributed by atoms with Gasteiger partial charge in [-0.15, -0.1) is 0 Å². The summed E-state index contributed by atoms with van der Waals surface area (Å²) in [7, 11) is 0. The standard InChI is InChI=1S/C17H22N2O/c20-17(16-10-7-11-18-16,19-12-5-2-6-13-19)14-15-8-3-1-4-9-15/h1,3-4,7-11,18,20H,2,5-6,12-14H2. The molecule has 0 bridgehead atoms. The predicted octanol–water partition coefficient (Wildman–Crippen LogP) is 2.89. The van der Waals surface area contributed by atoms with E-state index in [2.05, 4.69) is 22.0 Å². The molecule has 2 heterocycles. The lowest BCUT2D eigenvalue weighted by Crippen LogP contribution is -2.50. The normalized spacial score (nSPS) is 19.6. The Hall–Kier alpha value is -1.58. The lowest BCUT2D eigenvalue weighted by molar-refractivity contribution is -0.126. The van der Waals surface area contributed by atoms with Crippen LogP contribution in [0.25, 0.3) is 0 Å². The lowest BCUT2D eigenvalue weighted by atomic mass is 9.95. The molecule has 0 radical (unpaired) electrons. The molecule has 1 fully saturated rings. The third-order valence-electron chi connectivity index (χ3n) is 4.20. The van der Waals surface area contributed by atoms with Gasteiger partial charge in [0.2, 0.25) is 0 Å². The first-order chi connectivity index (χ1) is 9.79. The molecule has 3 nitrogen and oxygen atoms in total. The number of piperidine rings is 1. The topological polar surface area (TPSA) is 39.3 Å². The molecular formula is C17H22N2O. The Morgan fingerprint density at radius 2 is 1.75 bits per heavy atom. The fourth-order valence-electron chi connectivity index (χ4n) is 3.10. The number of nitrogens with zero attached hydrogens (tertiary/aromatic N) is 1. The number of rotatable bonds is 4. The number of benzene rings is 1. The predicted molar refractivity (Wildman–Crippen MR) is 80.3 cm³/mol. The van der Waals surface area contributed by atoms with Gasteiger partial charge in [0.05, 0.1) is 5.69 Å². The Balaban J connectivity index is 1.90. The van der Waals surface area contributed by atoms with Gasteiger partial charge in [0.15, 0.2) is 5.72 Å². The van der Waals surface area contributed by atoms with E-state index in [0.717, 1.165) is 37.2 Å². The molecule has 2 aromatic rings. The van der Waals surface area contributed by atoms with Crippen LogP contribution in [0.1, 0.15) is 30.5 Å². The van der Waals surface area contributed by atoms with Crippen molar-refractivity contribution >= 4 is 0 Å². The maximum absolute atomic E-state index is 11.3. The van der Waals surface area contributed by atoms with E-state index in [0.29, 0.717) is 6.42 Å². The lowest BCUT2D eigenvalue weighted by Gasteiger charge is -2.41. The summed E-state index contributed by atoms with van der Waals surface area (Å²) in [6, 6.07) is 14.2. The molecule has 0 saturated carbocycles. The van der Waals surface area contributed by atoms with Gasteiger partial charge in [0, 0.05) is 25.7 Å². The number of nitrogens with one attached hydrogen (secondary N) is 1. The van der Waals surface area contributed by atoms with E-state index in [1.165, 1.54) is 6.42 Å². The van der Waals surface area contributed by atoms with Gasteiger partial charge < -0.3 is 10.1 Å². The SMILES string of the molecule is OC(Cc1ccccc1)(c1ccc[nH]1)N1CCCCC1. The van der Waals surface area contributed by atoms with Gasteiger partial charge in [-0.3, -0.25) is 4.90 Å². The maximum atomic E-state index is 11.3. The first kappa shape index (κ1) is 13.4. The Labute approximate surface area is 120 Å². The van der Waals surface area contributed by atoms with Gasteiger partial charge in [0.25, 0.3) is 0 Å². The summed E-state index contributed by atoms with van der Waals surface area (Å²) in [5.41, 5.74) is 1.13. The number of aliphatic hydroxyl groups is 1. The molecule has 2 N–H and O–H groups in total. The minimum absolute atomic E-state index is 0.619. The van der Waals surface area contributed by atoms with Crippen LogP contribution in [0.5, 0.6) is 0 Å². The Kier molecular flexibility index (Phi) is 3.90. The van der Waals surface area contributed by atoms with E-state index in [-0.39, 0.29) is 0 Å². The third-order valence-corrected chi connectivity index (χ3v) is 4.20. The molecule has 1 aliphatic rings. The first-order valence-corrected chi connectivity index (χ1v) is 7.44. The largest absolute Gasteiger partial charge is 0.370 e. The van der Waals surface area contributed by atoms with E-state index in [1.807, 2.05) is 36.5 Å². The molecule has 1 atom stereocenters. The van der Waals surface area contributed by atoms with Crippen LogP contribution in [-0.4, -0.2) is 28.1 Å². The van der Waals surface area contributed by atoms with Crippen LogP contribution in [0.15, 0.2) is 48.7 Å². The van der Waals surface area contributed by atoms with Gasteiger partial charge in [-0.25, -0.2) is 0 Å². The van der Waals surface area contributed by atoms with Crippen LogP contribution in [0.4, 0.5) is 0 Å². The van der Waals surface area contributed by atoms with Gasteiger partial charge in [-0.1, -0.05) is 36.8 Å². The molecule has 20 heavy (non-hydrogen) atoms. The molecule has 3 heteroatoms. The molecule has 1 aromatic heterocycles. The minimum atomic E-state index is -0.925. The molecule has 0 aliphatic carbocycles. The van der Waals surface area contributed by atoms with Gasteiger partial charge in [-0.2, -0.15) is 0 Å². The summed E-state index contributed by atoms with van der Waals surface area (Å²) in [6.07, 6.45) is 6.10. The molecule has 0 spiro atoms. The number of H-pyrrole nitrogens is 1. The van der Waals surface area contributed by atoms with E-state index >= 15 is 0 Å². The molecular weight excluding hydrogens is 248 g/mol. The summed E-state index contributed by atoms with van der Waals surface area (Å²) in [5, 5.41) is 11.3. The van der Waals surface area contributed by atoms with Crippen molar-refractivity contribution in [1.82, 2.24) is 9.88 Å². The zero-order valence-electron chi connectivity index (χ0n) is 11.8. The highest BCUT2D eigenvalue weighted by molar-refractivity contribution is 5.22. The van der Waals surface area contributed by atoms with Crippen LogP contribution in [0, 0.1) is 0 Å². The average Bonchev–Trinajstić information content (AvgIpc) is 3.04. The van der Waals surface area contributed by atoms with Crippen LogP contribution in [-0.2, 0) is 12.1 Å². The summed E-state index contributed by atoms with van der Waals surface area (Å²) < 4.78 is 0. The van der Waals surface area contributed by atoms with Crippen molar-refractivity contribution in [3.05, 3.63) is 59.9 Å². The molecule has 1 aliphatic heterocycles. The van der Waals surface area contributed by atoms with Crippen molar-refractivity contribution in [3.8, 4) is 0 Å². The fraction of sp³-hybridized carbons (Fsp3) is 0.412. The van der Waals surface area contributed by atoms with Crippen molar-refractivity contribution in [2.75, 3.05) is 13.1 Å². The fourth-order valence-corrected chi connectivity index (χ4v) is 3.10. The number of hydrogen-bond donors (Lipinski definition) is 2. The van der Waals surface area contributed by atoms with Crippen LogP contribution >= 0.6 is 0 Å². The van der Waals surface area contributed by atoms with Crippen LogP contribution < -0.4 is 0 Å². The highest BCUT2D eigenvalue weighted by Gasteiger charge is 2.37. The number of aromatic nitrogens is 1. The quantitative estimate of drug-likeness (QED) is 0.896. The van der Waals surface area contributed by atoms with Crippen molar-refractivity contribution in [1.29, 1.82) is 0 Å². The summed E-state index contributed by atoms with van der Waals surface area (Å²) in [5.74, 6) is 0. The molecule has 0 amide bonds. The number of hydrogen-bond acceptors (Lipinski definition) is 2. The molecule has 106 valence electrons. The van der Waals surface area contributed by atoms with Crippen molar-refractivity contribution in [2.45, 2.75) is 31.4 Å². The zero-order chi connectivity index (χ0) is 13.8. The van der Waals surface area contributed by atoms with E-state index in [9.17, 15) is 5.11 Å². The number of aromatic amines is 1. The second-order valence-electron chi connectivity index (χ2n) is 5.61. The Morgan fingerprint density at radius 3 is 2.40 bits per heavy atom. The van der Waals surface area contributed by atoms with Crippen LogP contribution in [0.3, 0.4) is 0 Å². The van der Waals surface area contributed by atoms with Crippen molar-refractivity contribution in [3.63, 3.8) is 0 Å². The molecule has 1 aromatic carbocycles. The monoisotopic (exact) mass is 270 g/mol. The number of likely N-dealkylation sites (tertiary alicyclic amines) is 1. The Bertz CT molecular complexity index is 517. The third kappa shape index (κ3) is 2.65. The molecule has 1 unspecified atom stereocenters. The van der Waals surface area contributed by atoms with E-state index < -0.39 is 5.72 Å². The molecule has 3 rings (SSSR count). The summed E-state index contributed by atoms with van der Waals surface area (Å²) in [4.78, 5) is 5.42. The Morgan fingerprint density at radius 1 is 1.00 bits per heavy atom. The highest BCUT2D eigenvalue weighted by atomic mass is 16.3. The van der Waals surface area contributed by atoms with Gasteiger partial charge in [-0.05, 0) is 30.5 Å².